The Morgan fingerprint density at radius 3 is 2.68 bits per heavy atom. The second-order valence-corrected chi connectivity index (χ2v) is 7.13. The fourth-order valence-electron chi connectivity index (χ4n) is 3.46. The Kier molecular flexibility index (Phi) is 5.24. The molecule has 0 bridgehead atoms. The summed E-state index contributed by atoms with van der Waals surface area (Å²) in [4.78, 5) is 0. The number of unbranched alkanes of at least 4 members (excludes halogenated alkanes) is 1. The van der Waals surface area contributed by atoms with Gasteiger partial charge in [-0.2, -0.15) is 5.10 Å². The predicted molar refractivity (Wildman–Crippen MR) is 110 cm³/mol. The van der Waals surface area contributed by atoms with Crippen LogP contribution in [0.3, 0.4) is 0 Å². The van der Waals surface area contributed by atoms with Crippen molar-refractivity contribution in [3.63, 3.8) is 0 Å². The van der Waals surface area contributed by atoms with Crippen LogP contribution in [0.2, 0.25) is 0 Å². The maximum atomic E-state index is 6.08. The zero-order valence-electron chi connectivity index (χ0n) is 16.7. The van der Waals surface area contributed by atoms with Crippen LogP contribution >= 0.6 is 0 Å². The number of rotatable bonds is 6. The Hall–Kier alpha value is -2.95. The molecule has 0 atom stereocenters. The number of fused-ring (bicyclic) bond motifs is 1. The van der Waals surface area contributed by atoms with Crippen LogP contribution in [0.5, 0.6) is 17.2 Å². The molecule has 0 fully saturated rings. The standard InChI is InChI=1S/C23H26N2O3/c1-4-5-10-26-19-8-6-15(2)13-18(19)23-22(16(3)24-25-23)17-7-9-20-21(14-17)28-12-11-27-20/h6-9,13-14H,4-5,10-12H2,1-3H3,(H,24,25). The van der Waals surface area contributed by atoms with E-state index in [1.165, 1.54) is 5.56 Å². The lowest BCUT2D eigenvalue weighted by molar-refractivity contribution is 0.171. The third-order valence-electron chi connectivity index (χ3n) is 4.92. The fourth-order valence-corrected chi connectivity index (χ4v) is 3.46. The molecule has 0 unspecified atom stereocenters. The maximum absolute atomic E-state index is 6.08. The topological polar surface area (TPSA) is 56.4 Å². The van der Waals surface area contributed by atoms with E-state index in [9.17, 15) is 0 Å². The van der Waals surface area contributed by atoms with Crippen molar-refractivity contribution < 1.29 is 14.2 Å². The van der Waals surface area contributed by atoms with Crippen molar-refractivity contribution in [3.8, 4) is 39.6 Å². The summed E-state index contributed by atoms with van der Waals surface area (Å²) in [6, 6.07) is 12.3. The number of aromatic nitrogens is 2. The van der Waals surface area contributed by atoms with Crippen molar-refractivity contribution in [1.82, 2.24) is 10.2 Å². The van der Waals surface area contributed by atoms with Crippen molar-refractivity contribution in [1.29, 1.82) is 0 Å². The summed E-state index contributed by atoms with van der Waals surface area (Å²) in [7, 11) is 0. The molecule has 146 valence electrons. The highest BCUT2D eigenvalue weighted by Crippen LogP contribution is 2.41. The molecule has 0 saturated heterocycles. The van der Waals surface area contributed by atoms with E-state index in [0.29, 0.717) is 19.8 Å². The summed E-state index contributed by atoms with van der Waals surface area (Å²) in [5, 5.41) is 7.78. The van der Waals surface area contributed by atoms with Crippen molar-refractivity contribution in [2.24, 2.45) is 0 Å². The smallest absolute Gasteiger partial charge is 0.161 e. The fraction of sp³-hybridized carbons (Fsp3) is 0.348. The molecule has 3 aromatic rings. The lowest BCUT2D eigenvalue weighted by atomic mass is 9.97. The lowest BCUT2D eigenvalue weighted by Gasteiger charge is -2.19. The van der Waals surface area contributed by atoms with Crippen LogP contribution in [0.15, 0.2) is 36.4 Å². The van der Waals surface area contributed by atoms with Crippen LogP contribution in [0.4, 0.5) is 0 Å². The van der Waals surface area contributed by atoms with Gasteiger partial charge in [-0.1, -0.05) is 31.0 Å². The number of benzene rings is 2. The molecule has 0 spiro atoms. The molecular weight excluding hydrogens is 352 g/mol. The lowest BCUT2D eigenvalue weighted by Crippen LogP contribution is -2.15. The van der Waals surface area contributed by atoms with Gasteiger partial charge in [-0.15, -0.1) is 0 Å². The summed E-state index contributed by atoms with van der Waals surface area (Å²) in [6.07, 6.45) is 2.13. The Balaban J connectivity index is 1.78. The largest absolute Gasteiger partial charge is 0.493 e. The van der Waals surface area contributed by atoms with E-state index in [4.69, 9.17) is 14.2 Å². The highest BCUT2D eigenvalue weighted by atomic mass is 16.6. The summed E-state index contributed by atoms with van der Waals surface area (Å²) in [5.74, 6) is 2.43. The summed E-state index contributed by atoms with van der Waals surface area (Å²) < 4.78 is 17.5. The number of ether oxygens (including phenoxy) is 3. The van der Waals surface area contributed by atoms with Crippen LogP contribution in [0.25, 0.3) is 22.4 Å². The van der Waals surface area contributed by atoms with Gasteiger partial charge in [-0.25, -0.2) is 0 Å². The van der Waals surface area contributed by atoms with Gasteiger partial charge in [-0.3, -0.25) is 5.10 Å². The van der Waals surface area contributed by atoms with Gasteiger partial charge in [-0.05, 0) is 50.1 Å². The first-order chi connectivity index (χ1) is 13.7. The van der Waals surface area contributed by atoms with E-state index in [1.807, 2.05) is 25.1 Å². The minimum Gasteiger partial charge on any atom is -0.493 e. The van der Waals surface area contributed by atoms with Crippen molar-refractivity contribution in [2.75, 3.05) is 19.8 Å². The minimum atomic E-state index is 0.570. The van der Waals surface area contributed by atoms with Crippen molar-refractivity contribution in [3.05, 3.63) is 47.7 Å². The number of H-pyrrole nitrogens is 1. The second kappa shape index (κ2) is 7.97. The molecule has 5 nitrogen and oxygen atoms in total. The first-order valence-corrected chi connectivity index (χ1v) is 9.86. The van der Waals surface area contributed by atoms with E-state index in [1.54, 1.807) is 0 Å². The highest BCUT2D eigenvalue weighted by Gasteiger charge is 2.20. The molecule has 4 rings (SSSR count). The first-order valence-electron chi connectivity index (χ1n) is 9.86. The molecule has 1 N–H and O–H groups in total. The van der Waals surface area contributed by atoms with Crippen LogP contribution in [-0.4, -0.2) is 30.0 Å². The molecule has 28 heavy (non-hydrogen) atoms. The molecule has 1 aromatic heterocycles. The third-order valence-corrected chi connectivity index (χ3v) is 4.92. The molecule has 2 aromatic carbocycles. The van der Waals surface area contributed by atoms with Gasteiger partial charge in [0.2, 0.25) is 0 Å². The Labute approximate surface area is 165 Å². The average Bonchev–Trinajstić information content (AvgIpc) is 3.10. The molecule has 1 aliphatic heterocycles. The number of aryl methyl sites for hydroxylation is 2. The van der Waals surface area contributed by atoms with Crippen LogP contribution in [0.1, 0.15) is 31.0 Å². The monoisotopic (exact) mass is 378 g/mol. The van der Waals surface area contributed by atoms with Gasteiger partial charge in [0, 0.05) is 16.8 Å². The van der Waals surface area contributed by atoms with E-state index in [-0.39, 0.29) is 0 Å². The van der Waals surface area contributed by atoms with Crippen LogP contribution in [0, 0.1) is 13.8 Å². The molecular formula is C23H26N2O3. The van der Waals surface area contributed by atoms with E-state index in [2.05, 4.69) is 42.2 Å². The maximum Gasteiger partial charge on any atom is 0.161 e. The van der Waals surface area contributed by atoms with Crippen LogP contribution < -0.4 is 14.2 Å². The number of nitrogens with one attached hydrogen (secondary N) is 1. The Bertz CT molecular complexity index is 978. The number of aromatic amines is 1. The first kappa shape index (κ1) is 18.4. The summed E-state index contributed by atoms with van der Waals surface area (Å²) in [6.45, 7) is 8.15. The number of hydrogen-bond acceptors (Lipinski definition) is 4. The van der Waals surface area contributed by atoms with Gasteiger partial charge >= 0.3 is 0 Å². The Morgan fingerprint density at radius 1 is 1.04 bits per heavy atom. The van der Waals surface area contributed by atoms with E-state index >= 15 is 0 Å². The highest BCUT2D eigenvalue weighted by molar-refractivity contribution is 5.86. The average molecular weight is 378 g/mol. The van der Waals surface area contributed by atoms with Crippen molar-refractivity contribution >= 4 is 0 Å². The van der Waals surface area contributed by atoms with Crippen molar-refractivity contribution in [2.45, 2.75) is 33.6 Å². The van der Waals surface area contributed by atoms with Gasteiger partial charge < -0.3 is 14.2 Å². The molecule has 0 radical (unpaired) electrons. The molecule has 2 heterocycles. The van der Waals surface area contributed by atoms with Gasteiger partial charge in [0.1, 0.15) is 24.7 Å². The minimum absolute atomic E-state index is 0.570. The van der Waals surface area contributed by atoms with Crippen LogP contribution in [-0.2, 0) is 0 Å². The third kappa shape index (κ3) is 3.57. The normalized spacial score (nSPS) is 12.8. The van der Waals surface area contributed by atoms with E-state index < -0.39 is 0 Å². The van der Waals surface area contributed by atoms with E-state index in [0.717, 1.165) is 58.2 Å². The van der Waals surface area contributed by atoms with Gasteiger partial charge in [0.25, 0.3) is 0 Å². The zero-order valence-corrected chi connectivity index (χ0v) is 16.7. The molecule has 5 heteroatoms. The number of nitrogens with zero attached hydrogens (tertiary/aromatic N) is 1. The second-order valence-electron chi connectivity index (χ2n) is 7.13. The quantitative estimate of drug-likeness (QED) is 0.591. The Morgan fingerprint density at radius 2 is 1.86 bits per heavy atom. The summed E-state index contributed by atoms with van der Waals surface area (Å²) >= 11 is 0. The molecule has 0 saturated carbocycles. The number of hydrogen-bond donors (Lipinski definition) is 1. The molecule has 0 amide bonds. The molecule has 0 aliphatic carbocycles. The zero-order chi connectivity index (χ0) is 19.5. The SMILES string of the molecule is CCCCOc1ccc(C)cc1-c1n[nH]c(C)c1-c1ccc2c(c1)OCCO2. The van der Waals surface area contributed by atoms with Gasteiger partial charge in [0.15, 0.2) is 11.5 Å². The summed E-state index contributed by atoms with van der Waals surface area (Å²) in [5.41, 5.74) is 6.18. The van der Waals surface area contributed by atoms with Gasteiger partial charge in [0.05, 0.1) is 6.61 Å². The molecule has 1 aliphatic rings. The predicted octanol–water partition coefficient (Wildman–Crippen LogP) is 5.31.